The van der Waals surface area contributed by atoms with Gasteiger partial charge in [0, 0.05) is 34.3 Å². The van der Waals surface area contributed by atoms with Gasteiger partial charge in [-0.2, -0.15) is 0 Å². The van der Waals surface area contributed by atoms with Gasteiger partial charge in [-0.25, -0.2) is 4.79 Å². The topological polar surface area (TPSA) is 55.4 Å². The van der Waals surface area contributed by atoms with Gasteiger partial charge in [-0.05, 0) is 56.4 Å². The van der Waals surface area contributed by atoms with Crippen LogP contribution in [0.4, 0.5) is 0 Å². The van der Waals surface area contributed by atoms with Crippen LogP contribution in [-0.4, -0.2) is 17.9 Å². The Morgan fingerprint density at radius 1 is 1.06 bits per heavy atom. The van der Waals surface area contributed by atoms with Gasteiger partial charge in [0.05, 0.1) is 11.7 Å². The Morgan fingerprint density at radius 3 is 2.45 bits per heavy atom. The molecule has 2 atom stereocenters. The summed E-state index contributed by atoms with van der Waals surface area (Å²) in [7, 11) is 0. The predicted octanol–water partition coefficient (Wildman–Crippen LogP) is 5.65. The lowest BCUT2D eigenvalue weighted by Gasteiger charge is -2.37. The van der Waals surface area contributed by atoms with Gasteiger partial charge < -0.3 is 10.1 Å². The minimum absolute atomic E-state index is 0.0509. The highest BCUT2D eigenvalue weighted by molar-refractivity contribution is 6.30. The Labute approximate surface area is 187 Å². The number of hydrogen-bond acceptors (Lipinski definition) is 4. The second-order valence-electron chi connectivity index (χ2n) is 8.44. The first-order valence-corrected chi connectivity index (χ1v) is 11.0. The molecular weight excluding hydrogens is 410 g/mol. The molecule has 2 aromatic rings. The molecule has 2 unspecified atom stereocenters. The van der Waals surface area contributed by atoms with E-state index in [1.54, 1.807) is 6.07 Å². The minimum atomic E-state index is -0.495. The number of hydrogen-bond donors (Lipinski definition) is 1. The molecule has 0 saturated carbocycles. The highest BCUT2D eigenvalue weighted by atomic mass is 35.5. The van der Waals surface area contributed by atoms with E-state index in [1.165, 1.54) is 0 Å². The largest absolute Gasteiger partial charge is 0.460 e. The molecule has 2 aromatic carbocycles. The number of ether oxygens (including phenoxy) is 1. The number of carbonyl (C=O) groups is 2. The van der Waals surface area contributed by atoms with Crippen molar-refractivity contribution in [3.8, 4) is 0 Å². The summed E-state index contributed by atoms with van der Waals surface area (Å²) in [6.07, 6.45) is 0.867. The van der Waals surface area contributed by atoms with Crippen LogP contribution in [0.3, 0.4) is 0 Å². The molecule has 1 aliphatic heterocycles. The predicted molar refractivity (Wildman–Crippen MR) is 122 cm³/mol. The first-order chi connectivity index (χ1) is 14.8. The molecule has 4 rings (SSSR count). The summed E-state index contributed by atoms with van der Waals surface area (Å²) in [6.45, 7) is 5.51. The second kappa shape index (κ2) is 8.72. The Hall–Kier alpha value is -2.85. The SMILES string of the molecule is CC1=C(C(=O)OC(C)C)C(c2cccc(Cl)c2)C2=C(CC(c3ccccc3)CC2=O)N1. The van der Waals surface area contributed by atoms with E-state index < -0.39 is 11.9 Å². The molecule has 0 fully saturated rings. The first kappa shape index (κ1) is 21.4. The van der Waals surface area contributed by atoms with Crippen LogP contribution in [0.15, 0.2) is 77.1 Å². The van der Waals surface area contributed by atoms with Gasteiger partial charge in [0.2, 0.25) is 0 Å². The number of rotatable bonds is 4. The molecule has 1 N–H and O–H groups in total. The van der Waals surface area contributed by atoms with E-state index in [4.69, 9.17) is 16.3 Å². The molecule has 0 radical (unpaired) electrons. The number of allylic oxidation sites excluding steroid dienone is 3. The van der Waals surface area contributed by atoms with Crippen LogP contribution >= 0.6 is 11.6 Å². The number of esters is 1. The molecule has 0 bridgehead atoms. The lowest BCUT2D eigenvalue weighted by molar-refractivity contribution is -0.143. The van der Waals surface area contributed by atoms with E-state index in [-0.39, 0.29) is 17.8 Å². The highest BCUT2D eigenvalue weighted by Crippen LogP contribution is 2.46. The molecule has 5 heteroatoms. The lowest BCUT2D eigenvalue weighted by atomic mass is 9.72. The zero-order valence-corrected chi connectivity index (χ0v) is 18.7. The number of dihydropyridines is 1. The van der Waals surface area contributed by atoms with Gasteiger partial charge >= 0.3 is 5.97 Å². The van der Waals surface area contributed by atoms with Gasteiger partial charge in [-0.3, -0.25) is 4.79 Å². The molecular formula is C26H26ClNO3. The summed E-state index contributed by atoms with van der Waals surface area (Å²) in [5, 5.41) is 3.94. The van der Waals surface area contributed by atoms with Crippen molar-refractivity contribution < 1.29 is 14.3 Å². The third kappa shape index (κ3) is 4.31. The fourth-order valence-electron chi connectivity index (χ4n) is 4.57. The molecule has 0 spiro atoms. The van der Waals surface area contributed by atoms with Crippen molar-refractivity contribution in [2.75, 3.05) is 0 Å². The number of benzene rings is 2. The molecule has 0 amide bonds. The van der Waals surface area contributed by atoms with Crippen molar-refractivity contribution in [3.63, 3.8) is 0 Å². The number of nitrogens with one attached hydrogen (secondary N) is 1. The smallest absolute Gasteiger partial charge is 0.337 e. The van der Waals surface area contributed by atoms with Crippen LogP contribution in [0, 0.1) is 0 Å². The monoisotopic (exact) mass is 435 g/mol. The van der Waals surface area contributed by atoms with E-state index >= 15 is 0 Å². The van der Waals surface area contributed by atoms with Crippen LogP contribution in [0.2, 0.25) is 5.02 Å². The summed E-state index contributed by atoms with van der Waals surface area (Å²) >= 11 is 6.28. The molecule has 0 aromatic heterocycles. The fourth-order valence-corrected chi connectivity index (χ4v) is 4.77. The second-order valence-corrected chi connectivity index (χ2v) is 8.87. The summed E-state index contributed by atoms with van der Waals surface area (Å²) in [5.74, 6) is -0.744. The van der Waals surface area contributed by atoms with Crippen molar-refractivity contribution in [1.29, 1.82) is 0 Å². The lowest BCUT2D eigenvalue weighted by Crippen LogP contribution is -2.36. The average molecular weight is 436 g/mol. The van der Waals surface area contributed by atoms with Crippen LogP contribution in [0.1, 0.15) is 56.6 Å². The van der Waals surface area contributed by atoms with Crippen molar-refractivity contribution in [1.82, 2.24) is 5.32 Å². The van der Waals surface area contributed by atoms with E-state index in [2.05, 4.69) is 17.4 Å². The molecule has 31 heavy (non-hydrogen) atoms. The van der Waals surface area contributed by atoms with Gasteiger partial charge in [-0.1, -0.05) is 54.1 Å². The van der Waals surface area contributed by atoms with Crippen LogP contribution in [0.5, 0.6) is 0 Å². The normalized spacial score (nSPS) is 21.1. The van der Waals surface area contributed by atoms with Gasteiger partial charge in [0.15, 0.2) is 5.78 Å². The zero-order chi connectivity index (χ0) is 22.1. The van der Waals surface area contributed by atoms with Crippen LogP contribution in [-0.2, 0) is 14.3 Å². The average Bonchev–Trinajstić information content (AvgIpc) is 2.72. The summed E-state index contributed by atoms with van der Waals surface area (Å²) in [5.41, 5.74) is 4.69. The molecule has 160 valence electrons. The van der Waals surface area contributed by atoms with E-state index in [0.717, 1.165) is 22.5 Å². The molecule has 2 aliphatic rings. The molecule has 1 heterocycles. The molecule has 4 nitrogen and oxygen atoms in total. The van der Waals surface area contributed by atoms with Crippen molar-refractivity contribution in [2.24, 2.45) is 0 Å². The van der Waals surface area contributed by atoms with Crippen LogP contribution in [0.25, 0.3) is 0 Å². The third-order valence-electron chi connectivity index (χ3n) is 5.84. The minimum Gasteiger partial charge on any atom is -0.460 e. The number of Topliss-reactive ketones (excluding diaryl/α,β-unsaturated/α-hetero) is 1. The highest BCUT2D eigenvalue weighted by Gasteiger charge is 2.41. The zero-order valence-electron chi connectivity index (χ0n) is 17.9. The van der Waals surface area contributed by atoms with E-state index in [1.807, 2.05) is 57.2 Å². The summed E-state index contributed by atoms with van der Waals surface area (Å²) in [6, 6.07) is 17.5. The van der Waals surface area contributed by atoms with Crippen LogP contribution < -0.4 is 5.32 Å². The number of halogens is 1. The summed E-state index contributed by atoms with van der Waals surface area (Å²) in [4.78, 5) is 26.5. The number of ketones is 1. The first-order valence-electron chi connectivity index (χ1n) is 10.6. The third-order valence-corrected chi connectivity index (χ3v) is 6.08. The molecule has 1 aliphatic carbocycles. The fraction of sp³-hybridized carbons (Fsp3) is 0.308. The Balaban J connectivity index is 1.81. The van der Waals surface area contributed by atoms with Gasteiger partial charge in [0.1, 0.15) is 0 Å². The van der Waals surface area contributed by atoms with Crippen molar-refractivity contribution in [3.05, 3.63) is 93.3 Å². The Kier molecular flexibility index (Phi) is 6.01. The van der Waals surface area contributed by atoms with E-state index in [9.17, 15) is 9.59 Å². The Morgan fingerprint density at radius 2 is 1.77 bits per heavy atom. The quantitative estimate of drug-likeness (QED) is 0.630. The Bertz CT molecular complexity index is 1080. The molecule has 0 saturated heterocycles. The van der Waals surface area contributed by atoms with Gasteiger partial charge in [0.25, 0.3) is 0 Å². The maximum atomic E-state index is 13.5. The van der Waals surface area contributed by atoms with Crippen molar-refractivity contribution in [2.45, 2.75) is 51.6 Å². The maximum absolute atomic E-state index is 13.5. The summed E-state index contributed by atoms with van der Waals surface area (Å²) < 4.78 is 5.54. The van der Waals surface area contributed by atoms with Crippen molar-refractivity contribution >= 4 is 23.4 Å². The maximum Gasteiger partial charge on any atom is 0.337 e. The van der Waals surface area contributed by atoms with E-state index in [0.29, 0.717) is 29.0 Å². The number of carbonyl (C=O) groups excluding carboxylic acids is 2. The standard InChI is InChI=1S/C26H26ClNO3/c1-15(2)31-26(30)23-16(3)28-21-13-19(17-8-5-4-6-9-17)14-22(29)25(21)24(23)18-10-7-11-20(27)12-18/h4-12,15,19,24,28H,13-14H2,1-3H3. The van der Waals surface area contributed by atoms with Gasteiger partial charge in [-0.15, -0.1) is 0 Å².